The van der Waals surface area contributed by atoms with Gasteiger partial charge in [-0.15, -0.1) is 0 Å². The summed E-state index contributed by atoms with van der Waals surface area (Å²) in [5.74, 6) is -0.788. The van der Waals surface area contributed by atoms with Crippen molar-refractivity contribution in [3.05, 3.63) is 71.5 Å². The van der Waals surface area contributed by atoms with E-state index < -0.39 is 5.82 Å². The zero-order chi connectivity index (χ0) is 15.1. The van der Waals surface area contributed by atoms with Gasteiger partial charge in [0.15, 0.2) is 5.78 Å². The van der Waals surface area contributed by atoms with Gasteiger partial charge in [0.25, 0.3) is 0 Å². The number of benzene rings is 2. The van der Waals surface area contributed by atoms with E-state index in [1.807, 2.05) is 35.2 Å². The van der Waals surface area contributed by atoms with Crippen LogP contribution in [0.25, 0.3) is 0 Å². The molecule has 2 rings (SSSR count). The first-order chi connectivity index (χ1) is 10.2. The molecule has 0 fully saturated rings. The van der Waals surface area contributed by atoms with Crippen LogP contribution in [-0.2, 0) is 6.54 Å². The van der Waals surface area contributed by atoms with Gasteiger partial charge in [-0.25, -0.2) is 4.39 Å². The third kappa shape index (κ3) is 4.48. The Labute approximate surface area is 123 Å². The molecule has 0 radical (unpaired) electrons. The smallest absolute Gasteiger partial charge is 0.179 e. The number of halogens is 1. The summed E-state index contributed by atoms with van der Waals surface area (Å²) in [5.41, 5.74) is 1.14. The lowest BCUT2D eigenvalue weighted by atomic mass is 10.1. The van der Waals surface area contributed by atoms with E-state index >= 15 is 0 Å². The van der Waals surface area contributed by atoms with Crippen LogP contribution in [0.1, 0.15) is 15.9 Å². The predicted molar refractivity (Wildman–Crippen MR) is 79.5 cm³/mol. The van der Waals surface area contributed by atoms with Crippen molar-refractivity contribution < 1.29 is 14.3 Å². The lowest BCUT2D eigenvalue weighted by Gasteiger charge is -2.20. The Morgan fingerprint density at radius 3 is 2.38 bits per heavy atom. The zero-order valence-electron chi connectivity index (χ0n) is 11.7. The van der Waals surface area contributed by atoms with Crippen LogP contribution < -0.4 is 0 Å². The van der Waals surface area contributed by atoms with Crippen LogP contribution in [0.3, 0.4) is 0 Å². The molecule has 3 nitrogen and oxygen atoms in total. The van der Waals surface area contributed by atoms with Crippen LogP contribution in [0.5, 0.6) is 0 Å². The van der Waals surface area contributed by atoms with Crippen molar-refractivity contribution >= 4 is 5.78 Å². The number of aliphatic hydroxyl groups excluding tert-OH is 1. The molecule has 0 bridgehead atoms. The van der Waals surface area contributed by atoms with Crippen LogP contribution in [0.2, 0.25) is 0 Å². The summed E-state index contributed by atoms with van der Waals surface area (Å²) >= 11 is 0. The zero-order valence-corrected chi connectivity index (χ0v) is 11.7. The van der Waals surface area contributed by atoms with Crippen molar-refractivity contribution in [1.29, 1.82) is 0 Å². The van der Waals surface area contributed by atoms with E-state index in [4.69, 9.17) is 5.11 Å². The largest absolute Gasteiger partial charge is 0.395 e. The summed E-state index contributed by atoms with van der Waals surface area (Å²) in [4.78, 5) is 14.0. The molecule has 0 spiro atoms. The van der Waals surface area contributed by atoms with E-state index in [1.54, 1.807) is 12.1 Å². The lowest BCUT2D eigenvalue weighted by Crippen LogP contribution is -2.32. The second kappa shape index (κ2) is 7.67. The highest BCUT2D eigenvalue weighted by Crippen LogP contribution is 2.10. The number of hydrogen-bond donors (Lipinski definition) is 1. The highest BCUT2D eigenvalue weighted by molar-refractivity contribution is 5.97. The second-order valence-electron chi connectivity index (χ2n) is 4.82. The molecule has 21 heavy (non-hydrogen) atoms. The number of nitrogens with zero attached hydrogens (tertiary/aromatic N) is 1. The molecule has 4 heteroatoms. The van der Waals surface area contributed by atoms with E-state index in [0.717, 1.165) is 5.56 Å². The molecule has 0 aliphatic heterocycles. The normalized spacial score (nSPS) is 10.8. The molecule has 0 saturated carbocycles. The van der Waals surface area contributed by atoms with Gasteiger partial charge in [0.05, 0.1) is 18.7 Å². The summed E-state index contributed by atoms with van der Waals surface area (Å²) in [5, 5.41) is 9.13. The van der Waals surface area contributed by atoms with E-state index in [0.29, 0.717) is 13.1 Å². The number of carbonyl (C=O) groups is 1. The average Bonchev–Trinajstić information content (AvgIpc) is 2.49. The molecule has 0 atom stereocenters. The summed E-state index contributed by atoms with van der Waals surface area (Å²) in [6, 6.07) is 15.6. The predicted octanol–water partition coefficient (Wildman–Crippen LogP) is 2.50. The van der Waals surface area contributed by atoms with Crippen molar-refractivity contribution in [2.75, 3.05) is 19.7 Å². The number of ketones is 1. The topological polar surface area (TPSA) is 40.5 Å². The molecule has 1 N–H and O–H groups in total. The Bertz CT molecular complexity index is 586. The molecule has 0 unspecified atom stereocenters. The van der Waals surface area contributed by atoms with E-state index in [-0.39, 0.29) is 24.5 Å². The molecule has 0 amide bonds. The SMILES string of the molecule is O=C(CN(CCO)Cc1ccccc1)c1ccccc1F. The van der Waals surface area contributed by atoms with Crippen LogP contribution in [0, 0.1) is 5.82 Å². The minimum absolute atomic E-state index is 0.0443. The Morgan fingerprint density at radius 2 is 1.71 bits per heavy atom. The summed E-state index contributed by atoms with van der Waals surface area (Å²) in [6.45, 7) is 0.949. The lowest BCUT2D eigenvalue weighted by molar-refractivity contribution is 0.0904. The second-order valence-corrected chi connectivity index (χ2v) is 4.82. The maximum absolute atomic E-state index is 13.6. The number of carbonyl (C=O) groups excluding carboxylic acids is 1. The Morgan fingerprint density at radius 1 is 1.05 bits per heavy atom. The number of Topliss-reactive ketones (excluding diaryl/α,β-unsaturated/α-hetero) is 1. The fourth-order valence-electron chi connectivity index (χ4n) is 2.17. The molecule has 110 valence electrons. The minimum atomic E-state index is -0.508. The van der Waals surface area contributed by atoms with Gasteiger partial charge in [-0.1, -0.05) is 42.5 Å². The van der Waals surface area contributed by atoms with Crippen molar-refractivity contribution in [3.8, 4) is 0 Å². The third-order valence-electron chi connectivity index (χ3n) is 3.21. The standard InChI is InChI=1S/C17H18FNO2/c18-16-9-5-4-8-15(16)17(21)13-19(10-11-20)12-14-6-2-1-3-7-14/h1-9,20H,10-13H2. The van der Waals surface area contributed by atoms with Crippen molar-refractivity contribution in [2.45, 2.75) is 6.54 Å². The van der Waals surface area contributed by atoms with Crippen molar-refractivity contribution in [1.82, 2.24) is 4.90 Å². The molecule has 2 aromatic carbocycles. The quantitative estimate of drug-likeness (QED) is 0.795. The summed E-state index contributed by atoms with van der Waals surface area (Å²) in [7, 11) is 0. The van der Waals surface area contributed by atoms with Gasteiger partial charge in [-0.2, -0.15) is 0 Å². The van der Waals surface area contributed by atoms with E-state index in [2.05, 4.69) is 0 Å². The highest BCUT2D eigenvalue weighted by Gasteiger charge is 2.15. The molecule has 0 aromatic heterocycles. The number of hydrogen-bond acceptors (Lipinski definition) is 3. The Kier molecular flexibility index (Phi) is 5.60. The molecular formula is C17H18FNO2. The van der Waals surface area contributed by atoms with Crippen LogP contribution >= 0.6 is 0 Å². The molecule has 2 aromatic rings. The molecule has 0 aliphatic carbocycles. The monoisotopic (exact) mass is 287 g/mol. The average molecular weight is 287 g/mol. The first kappa shape index (κ1) is 15.4. The maximum atomic E-state index is 13.6. The van der Waals surface area contributed by atoms with Crippen molar-refractivity contribution in [2.24, 2.45) is 0 Å². The van der Waals surface area contributed by atoms with Gasteiger partial charge in [-0.05, 0) is 17.7 Å². The molecule has 0 saturated heterocycles. The number of rotatable bonds is 7. The Hall–Kier alpha value is -2.04. The van der Waals surface area contributed by atoms with Gasteiger partial charge in [0, 0.05) is 13.1 Å². The molecule has 0 heterocycles. The maximum Gasteiger partial charge on any atom is 0.179 e. The first-order valence-electron chi connectivity index (χ1n) is 6.85. The highest BCUT2D eigenvalue weighted by atomic mass is 19.1. The van der Waals surface area contributed by atoms with Crippen molar-refractivity contribution in [3.63, 3.8) is 0 Å². The molecular weight excluding hydrogens is 269 g/mol. The molecule has 0 aliphatic rings. The Balaban J connectivity index is 2.06. The van der Waals surface area contributed by atoms with Crippen LogP contribution in [0.4, 0.5) is 4.39 Å². The summed E-state index contributed by atoms with van der Waals surface area (Å²) < 4.78 is 13.6. The van der Waals surface area contributed by atoms with Crippen LogP contribution in [-0.4, -0.2) is 35.5 Å². The van der Waals surface area contributed by atoms with Gasteiger partial charge in [0.1, 0.15) is 5.82 Å². The van der Waals surface area contributed by atoms with Gasteiger partial charge in [0.2, 0.25) is 0 Å². The van der Waals surface area contributed by atoms with E-state index in [9.17, 15) is 9.18 Å². The van der Waals surface area contributed by atoms with Crippen LogP contribution in [0.15, 0.2) is 54.6 Å². The first-order valence-corrected chi connectivity index (χ1v) is 6.85. The summed E-state index contributed by atoms with van der Waals surface area (Å²) in [6.07, 6.45) is 0. The van der Waals surface area contributed by atoms with Gasteiger partial charge >= 0.3 is 0 Å². The fraction of sp³-hybridized carbons (Fsp3) is 0.235. The van der Waals surface area contributed by atoms with Gasteiger partial charge < -0.3 is 5.11 Å². The van der Waals surface area contributed by atoms with Gasteiger partial charge in [-0.3, -0.25) is 9.69 Å². The fourth-order valence-corrected chi connectivity index (χ4v) is 2.17. The van der Waals surface area contributed by atoms with E-state index in [1.165, 1.54) is 12.1 Å². The minimum Gasteiger partial charge on any atom is -0.395 e. The third-order valence-corrected chi connectivity index (χ3v) is 3.21. The number of aliphatic hydroxyl groups is 1.